The Bertz CT molecular complexity index is 413. The van der Waals surface area contributed by atoms with Crippen LogP contribution in [0, 0.1) is 0 Å². The van der Waals surface area contributed by atoms with Gasteiger partial charge in [-0.2, -0.15) is 0 Å². The van der Waals surface area contributed by atoms with E-state index >= 15 is 0 Å². The first-order valence-electron chi connectivity index (χ1n) is 4.94. The average molecular weight is 213 g/mol. The summed E-state index contributed by atoms with van der Waals surface area (Å²) in [4.78, 5) is 19.4. The largest absolute Gasteiger partial charge is 0.326 e. The fourth-order valence-electron chi connectivity index (χ4n) is 1.31. The van der Waals surface area contributed by atoms with Crippen molar-refractivity contribution in [3.63, 3.8) is 0 Å². The SMILES string of the molecule is O=C(Cc1ccncn1)Nc1ccccc1. The number of rotatable bonds is 3. The van der Waals surface area contributed by atoms with Crippen LogP contribution < -0.4 is 5.32 Å². The summed E-state index contributed by atoms with van der Waals surface area (Å²) in [5, 5.41) is 2.79. The minimum Gasteiger partial charge on any atom is -0.326 e. The molecule has 0 fully saturated rings. The standard InChI is InChI=1S/C12H11N3O/c16-12(8-11-6-7-13-9-14-11)15-10-4-2-1-3-5-10/h1-7,9H,8H2,(H,15,16). The Morgan fingerprint density at radius 2 is 2.00 bits per heavy atom. The average Bonchev–Trinajstić information content (AvgIpc) is 2.31. The number of hydrogen-bond donors (Lipinski definition) is 1. The maximum Gasteiger partial charge on any atom is 0.230 e. The van der Waals surface area contributed by atoms with Gasteiger partial charge in [0.1, 0.15) is 6.33 Å². The van der Waals surface area contributed by atoms with Gasteiger partial charge in [-0.1, -0.05) is 18.2 Å². The van der Waals surface area contributed by atoms with E-state index in [1.807, 2.05) is 30.3 Å². The van der Waals surface area contributed by atoms with Crippen LogP contribution in [-0.2, 0) is 11.2 Å². The molecule has 0 aliphatic rings. The van der Waals surface area contributed by atoms with Gasteiger partial charge in [0.2, 0.25) is 5.91 Å². The summed E-state index contributed by atoms with van der Waals surface area (Å²) in [6.45, 7) is 0. The zero-order chi connectivity index (χ0) is 11.2. The minimum absolute atomic E-state index is 0.0788. The van der Waals surface area contributed by atoms with Crippen molar-refractivity contribution >= 4 is 11.6 Å². The molecule has 1 N–H and O–H groups in total. The molecule has 0 spiro atoms. The molecule has 0 saturated heterocycles. The number of carbonyl (C=O) groups is 1. The summed E-state index contributed by atoms with van der Waals surface area (Å²) in [6, 6.07) is 11.1. The van der Waals surface area contributed by atoms with Crippen molar-refractivity contribution < 1.29 is 4.79 Å². The number of aromatic nitrogens is 2. The molecule has 4 heteroatoms. The molecule has 0 aliphatic heterocycles. The first kappa shape index (κ1) is 10.3. The van der Waals surface area contributed by atoms with Gasteiger partial charge in [0.15, 0.2) is 0 Å². The molecule has 2 aromatic rings. The molecule has 0 saturated carbocycles. The van der Waals surface area contributed by atoms with Crippen LogP contribution in [0.5, 0.6) is 0 Å². The Morgan fingerprint density at radius 3 is 2.69 bits per heavy atom. The molecule has 1 aromatic heterocycles. The number of carbonyl (C=O) groups excluding carboxylic acids is 1. The number of nitrogens with one attached hydrogen (secondary N) is 1. The monoisotopic (exact) mass is 213 g/mol. The van der Waals surface area contributed by atoms with E-state index in [1.165, 1.54) is 6.33 Å². The van der Waals surface area contributed by atoms with Crippen LogP contribution in [0.3, 0.4) is 0 Å². The van der Waals surface area contributed by atoms with Crippen molar-refractivity contribution in [3.05, 3.63) is 54.6 Å². The molecule has 0 aliphatic carbocycles. The predicted octanol–water partition coefficient (Wildman–Crippen LogP) is 1.66. The number of nitrogens with zero attached hydrogens (tertiary/aromatic N) is 2. The van der Waals surface area contributed by atoms with Crippen molar-refractivity contribution in [2.24, 2.45) is 0 Å². The van der Waals surface area contributed by atoms with E-state index in [9.17, 15) is 4.79 Å². The number of anilines is 1. The lowest BCUT2D eigenvalue weighted by Gasteiger charge is -2.03. The van der Waals surface area contributed by atoms with Crippen LogP contribution in [0.2, 0.25) is 0 Å². The Labute approximate surface area is 93.4 Å². The second-order valence-corrected chi connectivity index (χ2v) is 3.29. The third kappa shape index (κ3) is 2.88. The predicted molar refractivity (Wildman–Crippen MR) is 60.8 cm³/mol. The number of benzene rings is 1. The van der Waals surface area contributed by atoms with Crippen molar-refractivity contribution in [1.29, 1.82) is 0 Å². The van der Waals surface area contributed by atoms with E-state index in [0.717, 1.165) is 5.69 Å². The second-order valence-electron chi connectivity index (χ2n) is 3.29. The molecule has 0 atom stereocenters. The molecule has 4 nitrogen and oxygen atoms in total. The van der Waals surface area contributed by atoms with Crippen molar-refractivity contribution in [2.45, 2.75) is 6.42 Å². The lowest BCUT2D eigenvalue weighted by Crippen LogP contribution is -2.14. The Kier molecular flexibility index (Phi) is 3.23. The maximum absolute atomic E-state index is 11.6. The second kappa shape index (κ2) is 5.02. The first-order chi connectivity index (χ1) is 7.84. The number of amides is 1. The molecule has 2 rings (SSSR count). The summed E-state index contributed by atoms with van der Waals surface area (Å²) in [7, 11) is 0. The van der Waals surface area contributed by atoms with E-state index in [4.69, 9.17) is 0 Å². The maximum atomic E-state index is 11.6. The highest BCUT2D eigenvalue weighted by Gasteiger charge is 2.03. The lowest BCUT2D eigenvalue weighted by atomic mass is 10.2. The topological polar surface area (TPSA) is 54.9 Å². The molecule has 1 aromatic carbocycles. The zero-order valence-electron chi connectivity index (χ0n) is 8.63. The molecule has 16 heavy (non-hydrogen) atoms. The van der Waals surface area contributed by atoms with Crippen LogP contribution in [0.25, 0.3) is 0 Å². The van der Waals surface area contributed by atoms with Gasteiger partial charge < -0.3 is 5.32 Å². The van der Waals surface area contributed by atoms with Crippen LogP contribution >= 0.6 is 0 Å². The lowest BCUT2D eigenvalue weighted by molar-refractivity contribution is -0.115. The highest BCUT2D eigenvalue weighted by Crippen LogP contribution is 2.05. The molecule has 1 heterocycles. The van der Waals surface area contributed by atoms with Gasteiger partial charge >= 0.3 is 0 Å². The molecular formula is C12H11N3O. The minimum atomic E-state index is -0.0788. The van der Waals surface area contributed by atoms with Crippen LogP contribution in [0.15, 0.2) is 48.9 Å². The van der Waals surface area contributed by atoms with E-state index in [1.54, 1.807) is 12.3 Å². The normalized spacial score (nSPS) is 9.75. The zero-order valence-corrected chi connectivity index (χ0v) is 8.63. The van der Waals surface area contributed by atoms with E-state index in [0.29, 0.717) is 5.69 Å². The number of para-hydroxylation sites is 1. The Balaban J connectivity index is 1.95. The van der Waals surface area contributed by atoms with Gasteiger partial charge in [-0.05, 0) is 18.2 Å². The molecule has 80 valence electrons. The van der Waals surface area contributed by atoms with Crippen molar-refractivity contribution in [2.75, 3.05) is 5.32 Å². The van der Waals surface area contributed by atoms with E-state index in [-0.39, 0.29) is 12.3 Å². The van der Waals surface area contributed by atoms with E-state index in [2.05, 4.69) is 15.3 Å². The van der Waals surface area contributed by atoms with E-state index < -0.39 is 0 Å². The summed E-state index contributed by atoms with van der Waals surface area (Å²) >= 11 is 0. The Hall–Kier alpha value is -2.23. The fraction of sp³-hybridized carbons (Fsp3) is 0.0833. The smallest absolute Gasteiger partial charge is 0.230 e. The van der Waals surface area contributed by atoms with Crippen molar-refractivity contribution in [1.82, 2.24) is 9.97 Å². The van der Waals surface area contributed by atoms with Gasteiger partial charge in [0.25, 0.3) is 0 Å². The summed E-state index contributed by atoms with van der Waals surface area (Å²) in [5.41, 5.74) is 1.50. The van der Waals surface area contributed by atoms with Gasteiger partial charge in [0, 0.05) is 11.9 Å². The Morgan fingerprint density at radius 1 is 1.19 bits per heavy atom. The molecule has 0 unspecified atom stereocenters. The molecule has 0 radical (unpaired) electrons. The van der Waals surface area contributed by atoms with Gasteiger partial charge in [0.05, 0.1) is 12.1 Å². The highest BCUT2D eigenvalue weighted by molar-refractivity contribution is 5.91. The third-order valence-electron chi connectivity index (χ3n) is 2.04. The van der Waals surface area contributed by atoms with Crippen LogP contribution in [0.1, 0.15) is 5.69 Å². The van der Waals surface area contributed by atoms with Crippen LogP contribution in [-0.4, -0.2) is 15.9 Å². The quantitative estimate of drug-likeness (QED) is 0.843. The molecular weight excluding hydrogens is 202 g/mol. The number of hydrogen-bond acceptors (Lipinski definition) is 3. The summed E-state index contributed by atoms with van der Waals surface area (Å²) in [5.74, 6) is -0.0788. The van der Waals surface area contributed by atoms with Gasteiger partial charge in [-0.3, -0.25) is 4.79 Å². The fourth-order valence-corrected chi connectivity index (χ4v) is 1.31. The highest BCUT2D eigenvalue weighted by atomic mass is 16.1. The van der Waals surface area contributed by atoms with Gasteiger partial charge in [-0.25, -0.2) is 9.97 Å². The summed E-state index contributed by atoms with van der Waals surface area (Å²) in [6.07, 6.45) is 3.32. The summed E-state index contributed by atoms with van der Waals surface area (Å²) < 4.78 is 0. The van der Waals surface area contributed by atoms with Crippen molar-refractivity contribution in [3.8, 4) is 0 Å². The molecule has 0 bridgehead atoms. The molecule has 1 amide bonds. The van der Waals surface area contributed by atoms with Crippen LogP contribution in [0.4, 0.5) is 5.69 Å². The first-order valence-corrected chi connectivity index (χ1v) is 4.94. The van der Waals surface area contributed by atoms with Gasteiger partial charge in [-0.15, -0.1) is 0 Å². The third-order valence-corrected chi connectivity index (χ3v) is 2.04.